The molecule has 0 heterocycles. The molecule has 16 heavy (non-hydrogen) atoms. The molecule has 0 saturated carbocycles. The molecule has 0 aliphatic rings. The first kappa shape index (κ1) is 13.2. The molecule has 0 aliphatic carbocycles. The molecule has 0 saturated heterocycles. The maximum Gasteiger partial charge on any atom is 0.221 e. The summed E-state index contributed by atoms with van der Waals surface area (Å²) in [6.45, 7) is 2.40. The second kappa shape index (κ2) is 6.66. The van der Waals surface area contributed by atoms with Crippen molar-refractivity contribution in [3.63, 3.8) is 0 Å². The second-order valence-corrected chi connectivity index (χ2v) is 4.75. The summed E-state index contributed by atoms with van der Waals surface area (Å²) < 4.78 is 1.07. The van der Waals surface area contributed by atoms with Crippen molar-refractivity contribution >= 4 is 21.8 Å². The van der Waals surface area contributed by atoms with E-state index in [4.69, 9.17) is 5.73 Å². The van der Waals surface area contributed by atoms with Crippen molar-refractivity contribution in [2.75, 3.05) is 6.54 Å². The number of benzene rings is 1. The Labute approximate surface area is 105 Å². The molecular formula is C12H17BrN2O. The largest absolute Gasteiger partial charge is 0.353 e. The molecule has 1 amide bonds. The molecule has 1 rings (SSSR count). The molecule has 0 radical (unpaired) electrons. The topological polar surface area (TPSA) is 55.1 Å². The molecule has 1 unspecified atom stereocenters. The van der Waals surface area contributed by atoms with Gasteiger partial charge in [0.1, 0.15) is 0 Å². The van der Waals surface area contributed by atoms with Gasteiger partial charge in [0, 0.05) is 23.5 Å². The SMILES string of the molecule is CC(Cc1ccc(Br)cc1)NC(=O)CCN. The lowest BCUT2D eigenvalue weighted by molar-refractivity contribution is -0.121. The highest BCUT2D eigenvalue weighted by Crippen LogP contribution is 2.11. The van der Waals surface area contributed by atoms with Gasteiger partial charge in [0.05, 0.1) is 0 Å². The molecule has 4 heteroatoms. The minimum Gasteiger partial charge on any atom is -0.353 e. The Morgan fingerprint density at radius 2 is 2.06 bits per heavy atom. The third-order valence-corrected chi connectivity index (χ3v) is 2.76. The van der Waals surface area contributed by atoms with Crippen LogP contribution in [0.5, 0.6) is 0 Å². The highest BCUT2D eigenvalue weighted by atomic mass is 79.9. The number of carbonyl (C=O) groups excluding carboxylic acids is 1. The van der Waals surface area contributed by atoms with E-state index in [1.54, 1.807) is 0 Å². The van der Waals surface area contributed by atoms with Gasteiger partial charge in [-0.05, 0) is 31.0 Å². The summed E-state index contributed by atoms with van der Waals surface area (Å²) in [5, 5.41) is 2.91. The first-order valence-corrected chi connectivity index (χ1v) is 6.15. The Bertz CT molecular complexity index is 337. The lowest BCUT2D eigenvalue weighted by atomic mass is 10.1. The smallest absolute Gasteiger partial charge is 0.221 e. The number of halogens is 1. The highest BCUT2D eigenvalue weighted by molar-refractivity contribution is 9.10. The predicted molar refractivity (Wildman–Crippen MR) is 69.1 cm³/mol. The summed E-state index contributed by atoms with van der Waals surface area (Å²) in [4.78, 5) is 11.3. The van der Waals surface area contributed by atoms with Crippen LogP contribution in [0, 0.1) is 0 Å². The summed E-state index contributed by atoms with van der Waals surface area (Å²) in [6.07, 6.45) is 1.23. The summed E-state index contributed by atoms with van der Waals surface area (Å²) in [6, 6.07) is 8.25. The maximum atomic E-state index is 11.3. The molecule has 1 atom stereocenters. The molecule has 0 aliphatic heterocycles. The number of hydrogen-bond donors (Lipinski definition) is 2. The van der Waals surface area contributed by atoms with E-state index in [9.17, 15) is 4.79 Å². The molecule has 0 bridgehead atoms. The Kier molecular flexibility index (Phi) is 5.49. The van der Waals surface area contributed by atoms with Crippen LogP contribution in [0.3, 0.4) is 0 Å². The van der Waals surface area contributed by atoms with Gasteiger partial charge in [0.25, 0.3) is 0 Å². The van der Waals surface area contributed by atoms with Crippen LogP contribution in [0.25, 0.3) is 0 Å². The van der Waals surface area contributed by atoms with Crippen LogP contribution in [0.2, 0.25) is 0 Å². The standard InChI is InChI=1S/C12H17BrN2O/c1-9(15-12(16)6-7-14)8-10-2-4-11(13)5-3-10/h2-5,9H,6-8,14H2,1H3,(H,15,16). The van der Waals surface area contributed by atoms with Gasteiger partial charge in [-0.1, -0.05) is 28.1 Å². The lowest BCUT2D eigenvalue weighted by Crippen LogP contribution is -2.35. The molecular weight excluding hydrogens is 268 g/mol. The van der Waals surface area contributed by atoms with Gasteiger partial charge in [-0.3, -0.25) is 4.79 Å². The Balaban J connectivity index is 2.42. The average molecular weight is 285 g/mol. The van der Waals surface area contributed by atoms with Gasteiger partial charge < -0.3 is 11.1 Å². The van der Waals surface area contributed by atoms with E-state index in [0.29, 0.717) is 13.0 Å². The van der Waals surface area contributed by atoms with Crippen LogP contribution in [-0.2, 0) is 11.2 Å². The molecule has 88 valence electrons. The van der Waals surface area contributed by atoms with E-state index in [0.717, 1.165) is 10.9 Å². The molecule has 0 spiro atoms. The fourth-order valence-electron chi connectivity index (χ4n) is 1.50. The Morgan fingerprint density at radius 1 is 1.44 bits per heavy atom. The Hall–Kier alpha value is -0.870. The zero-order valence-electron chi connectivity index (χ0n) is 9.37. The number of nitrogens with one attached hydrogen (secondary N) is 1. The van der Waals surface area contributed by atoms with E-state index >= 15 is 0 Å². The van der Waals surface area contributed by atoms with Crippen molar-refractivity contribution in [2.24, 2.45) is 5.73 Å². The van der Waals surface area contributed by atoms with Gasteiger partial charge >= 0.3 is 0 Å². The molecule has 0 aromatic heterocycles. The summed E-state index contributed by atoms with van der Waals surface area (Å²) in [5.41, 5.74) is 6.52. The number of nitrogens with two attached hydrogens (primary N) is 1. The summed E-state index contributed by atoms with van der Waals surface area (Å²) >= 11 is 3.39. The molecule has 3 N–H and O–H groups in total. The first-order valence-electron chi connectivity index (χ1n) is 5.35. The maximum absolute atomic E-state index is 11.3. The van der Waals surface area contributed by atoms with Crippen molar-refractivity contribution in [1.29, 1.82) is 0 Å². The fraction of sp³-hybridized carbons (Fsp3) is 0.417. The molecule has 0 fully saturated rings. The van der Waals surface area contributed by atoms with Crippen LogP contribution < -0.4 is 11.1 Å². The zero-order valence-corrected chi connectivity index (χ0v) is 11.0. The minimum atomic E-state index is 0.0205. The molecule has 1 aromatic rings. The van der Waals surface area contributed by atoms with Gasteiger partial charge in [0.2, 0.25) is 5.91 Å². The third kappa shape index (κ3) is 4.77. The predicted octanol–water partition coefficient (Wildman–Crippen LogP) is 1.85. The van der Waals surface area contributed by atoms with Crippen LogP contribution in [0.1, 0.15) is 18.9 Å². The van der Waals surface area contributed by atoms with Crippen molar-refractivity contribution in [2.45, 2.75) is 25.8 Å². The van der Waals surface area contributed by atoms with Gasteiger partial charge in [-0.2, -0.15) is 0 Å². The highest BCUT2D eigenvalue weighted by Gasteiger charge is 2.07. The van der Waals surface area contributed by atoms with Crippen LogP contribution >= 0.6 is 15.9 Å². The average Bonchev–Trinajstić information content (AvgIpc) is 2.21. The van der Waals surface area contributed by atoms with E-state index < -0.39 is 0 Å². The van der Waals surface area contributed by atoms with Crippen molar-refractivity contribution in [3.8, 4) is 0 Å². The van der Waals surface area contributed by atoms with Crippen LogP contribution in [0.4, 0.5) is 0 Å². The minimum absolute atomic E-state index is 0.0205. The number of carbonyl (C=O) groups is 1. The van der Waals surface area contributed by atoms with E-state index in [1.165, 1.54) is 5.56 Å². The molecule has 1 aromatic carbocycles. The normalized spacial score (nSPS) is 12.2. The van der Waals surface area contributed by atoms with Crippen molar-refractivity contribution in [3.05, 3.63) is 34.3 Å². The molecule has 3 nitrogen and oxygen atoms in total. The van der Waals surface area contributed by atoms with Gasteiger partial charge in [0.15, 0.2) is 0 Å². The zero-order chi connectivity index (χ0) is 12.0. The summed E-state index contributed by atoms with van der Waals surface area (Å²) in [7, 11) is 0. The summed E-state index contributed by atoms with van der Waals surface area (Å²) in [5.74, 6) is 0.0205. The van der Waals surface area contributed by atoms with Gasteiger partial charge in [-0.15, -0.1) is 0 Å². The van der Waals surface area contributed by atoms with Crippen molar-refractivity contribution < 1.29 is 4.79 Å². The first-order chi connectivity index (χ1) is 7.61. The van der Waals surface area contributed by atoms with E-state index in [1.807, 2.05) is 19.1 Å². The Morgan fingerprint density at radius 3 is 2.62 bits per heavy atom. The second-order valence-electron chi connectivity index (χ2n) is 3.84. The monoisotopic (exact) mass is 284 g/mol. The van der Waals surface area contributed by atoms with E-state index in [-0.39, 0.29) is 11.9 Å². The van der Waals surface area contributed by atoms with Gasteiger partial charge in [-0.25, -0.2) is 0 Å². The van der Waals surface area contributed by atoms with E-state index in [2.05, 4.69) is 33.4 Å². The van der Waals surface area contributed by atoms with Crippen molar-refractivity contribution in [1.82, 2.24) is 5.32 Å². The lowest BCUT2D eigenvalue weighted by Gasteiger charge is -2.13. The number of rotatable bonds is 5. The van der Waals surface area contributed by atoms with Crippen LogP contribution in [0.15, 0.2) is 28.7 Å². The van der Waals surface area contributed by atoms with Crippen LogP contribution in [-0.4, -0.2) is 18.5 Å². The third-order valence-electron chi connectivity index (χ3n) is 2.23. The number of amides is 1. The quantitative estimate of drug-likeness (QED) is 0.867. The fourth-order valence-corrected chi connectivity index (χ4v) is 1.77. The number of hydrogen-bond acceptors (Lipinski definition) is 2.